The van der Waals surface area contributed by atoms with Crippen LogP contribution >= 0.6 is 0 Å². The molecule has 0 amide bonds. The summed E-state index contributed by atoms with van der Waals surface area (Å²) in [6.45, 7) is 8.95. The van der Waals surface area contributed by atoms with E-state index >= 15 is 0 Å². The first-order chi connectivity index (χ1) is 29.7. The van der Waals surface area contributed by atoms with E-state index in [1.54, 1.807) is 6.20 Å². The number of nitrogens with two attached hydrogens (primary N) is 1. The van der Waals surface area contributed by atoms with Crippen molar-refractivity contribution >= 4 is 39.8 Å². The Bertz CT molecular complexity index is 2690. The third-order valence-corrected chi connectivity index (χ3v) is 11.1. The minimum atomic E-state index is -0.255. The highest BCUT2D eigenvalue weighted by Crippen LogP contribution is 2.43. The van der Waals surface area contributed by atoms with Gasteiger partial charge in [0.1, 0.15) is 0 Å². The van der Waals surface area contributed by atoms with E-state index < -0.39 is 0 Å². The van der Waals surface area contributed by atoms with Crippen LogP contribution in [0, 0.1) is 6.92 Å². The van der Waals surface area contributed by atoms with Crippen molar-refractivity contribution in [1.82, 2.24) is 14.5 Å². The van der Waals surface area contributed by atoms with Crippen LogP contribution in [-0.2, 0) is 5.54 Å². The highest BCUT2D eigenvalue weighted by atomic mass is 15.2. The number of aromatic nitrogens is 3. The SMILES string of the molecule is Cc1cc(N(c2ccc(-c3ccccc3)cc2)c2cccnc2)ccc1-c1ccc(-c2ccc(N(c3ccc(-c4ccccc4)cc3)c3cccnc3)cc2N)n1C(C)(C)C. The summed E-state index contributed by atoms with van der Waals surface area (Å²) in [7, 11) is 0. The Morgan fingerprint density at radius 3 is 1.28 bits per heavy atom. The third-order valence-electron chi connectivity index (χ3n) is 11.1. The molecule has 3 aromatic heterocycles. The van der Waals surface area contributed by atoms with Crippen LogP contribution in [0.3, 0.4) is 0 Å². The lowest BCUT2D eigenvalue weighted by Gasteiger charge is -2.30. The first-order valence-corrected chi connectivity index (χ1v) is 20.7. The minimum Gasteiger partial charge on any atom is -0.398 e. The fourth-order valence-corrected chi connectivity index (χ4v) is 8.31. The number of anilines is 7. The second-order valence-corrected chi connectivity index (χ2v) is 16.3. The number of pyridine rings is 2. The van der Waals surface area contributed by atoms with Gasteiger partial charge in [0.2, 0.25) is 0 Å². The summed E-state index contributed by atoms with van der Waals surface area (Å²) in [5.41, 5.74) is 23.8. The summed E-state index contributed by atoms with van der Waals surface area (Å²) in [5, 5.41) is 0. The maximum atomic E-state index is 7.08. The molecule has 0 bridgehead atoms. The average Bonchev–Trinajstić information content (AvgIpc) is 3.74. The molecule has 2 N–H and O–H groups in total. The lowest BCUT2D eigenvalue weighted by molar-refractivity contribution is 0.407. The fourth-order valence-electron chi connectivity index (χ4n) is 8.31. The first kappa shape index (κ1) is 38.8. The predicted octanol–water partition coefficient (Wildman–Crippen LogP) is 14.5. The van der Waals surface area contributed by atoms with E-state index in [1.165, 1.54) is 16.7 Å². The number of hydrogen-bond donors (Lipinski definition) is 1. The highest BCUT2D eigenvalue weighted by molar-refractivity contribution is 5.86. The Labute approximate surface area is 358 Å². The van der Waals surface area contributed by atoms with Gasteiger partial charge in [-0.05, 0) is 147 Å². The van der Waals surface area contributed by atoms with Crippen molar-refractivity contribution < 1.29 is 0 Å². The standard InChI is InChI=1S/C55H48N6/c1-39-35-46(59(48-17-11-33-57-37-48)44-23-19-42(20-24-44)40-13-7-5-8-14-40)27-29-50(39)53-31-32-54(61(53)55(2,3)4)51-30-28-47(36-52(51)56)60(49-18-12-34-58-38-49)45-25-21-43(22-26-45)41-15-9-6-10-16-41/h5-38H,56H2,1-4H3. The summed E-state index contributed by atoms with van der Waals surface area (Å²) in [6, 6.07) is 64.0. The van der Waals surface area contributed by atoms with Crippen LogP contribution in [0.5, 0.6) is 0 Å². The molecule has 0 saturated carbocycles. The van der Waals surface area contributed by atoms with Gasteiger partial charge in [0.15, 0.2) is 0 Å². The summed E-state index contributed by atoms with van der Waals surface area (Å²) in [5.74, 6) is 0. The molecule has 9 rings (SSSR count). The second kappa shape index (κ2) is 16.5. The molecule has 298 valence electrons. The van der Waals surface area contributed by atoms with Crippen molar-refractivity contribution in [2.45, 2.75) is 33.2 Å². The van der Waals surface area contributed by atoms with Crippen molar-refractivity contribution in [2.24, 2.45) is 0 Å². The topological polar surface area (TPSA) is 63.2 Å². The van der Waals surface area contributed by atoms with Gasteiger partial charge in [-0.3, -0.25) is 9.97 Å². The molecule has 6 nitrogen and oxygen atoms in total. The van der Waals surface area contributed by atoms with E-state index in [0.29, 0.717) is 5.69 Å². The Morgan fingerprint density at radius 2 is 0.852 bits per heavy atom. The zero-order chi connectivity index (χ0) is 41.9. The molecule has 3 heterocycles. The van der Waals surface area contributed by atoms with Crippen LogP contribution in [0.4, 0.5) is 39.8 Å². The Hall–Kier alpha value is -7.70. The number of hydrogen-bond acceptors (Lipinski definition) is 5. The zero-order valence-electron chi connectivity index (χ0n) is 34.9. The second-order valence-electron chi connectivity index (χ2n) is 16.3. The van der Waals surface area contributed by atoms with Crippen molar-refractivity contribution in [3.63, 3.8) is 0 Å². The van der Waals surface area contributed by atoms with Crippen LogP contribution in [0.25, 0.3) is 44.8 Å². The fraction of sp³-hybridized carbons (Fsp3) is 0.0909. The van der Waals surface area contributed by atoms with Gasteiger partial charge in [0.25, 0.3) is 0 Å². The van der Waals surface area contributed by atoms with E-state index in [4.69, 9.17) is 5.73 Å². The average molecular weight is 793 g/mol. The molecular formula is C55H48N6. The molecule has 0 aliphatic carbocycles. The highest BCUT2D eigenvalue weighted by Gasteiger charge is 2.25. The van der Waals surface area contributed by atoms with E-state index in [2.05, 4.69) is 210 Å². The maximum absolute atomic E-state index is 7.08. The molecule has 9 aromatic rings. The van der Waals surface area contributed by atoms with Crippen LogP contribution in [0.1, 0.15) is 26.3 Å². The normalized spacial score (nSPS) is 11.3. The number of nitrogen functional groups attached to an aromatic ring is 1. The van der Waals surface area contributed by atoms with Crippen molar-refractivity contribution in [1.29, 1.82) is 0 Å². The number of aryl methyl sites for hydroxylation is 1. The Balaban J connectivity index is 1.07. The van der Waals surface area contributed by atoms with Gasteiger partial charge in [0.05, 0.1) is 29.5 Å². The van der Waals surface area contributed by atoms with E-state index in [9.17, 15) is 0 Å². The van der Waals surface area contributed by atoms with Gasteiger partial charge in [-0.1, -0.05) is 91.0 Å². The Morgan fingerprint density at radius 1 is 0.426 bits per heavy atom. The first-order valence-electron chi connectivity index (χ1n) is 20.7. The number of rotatable bonds is 10. The molecule has 0 atom stereocenters. The van der Waals surface area contributed by atoms with Crippen molar-refractivity contribution in [2.75, 3.05) is 15.5 Å². The summed E-state index contributed by atoms with van der Waals surface area (Å²) in [4.78, 5) is 13.4. The van der Waals surface area contributed by atoms with Crippen LogP contribution in [0.15, 0.2) is 207 Å². The van der Waals surface area contributed by atoms with E-state index in [1.807, 2.05) is 42.9 Å². The van der Waals surface area contributed by atoms with Crippen molar-refractivity contribution in [3.05, 3.63) is 212 Å². The van der Waals surface area contributed by atoms with Gasteiger partial charge in [0, 0.05) is 63.2 Å². The zero-order valence-corrected chi connectivity index (χ0v) is 34.9. The molecule has 0 unspecified atom stereocenters. The minimum absolute atomic E-state index is 0.255. The van der Waals surface area contributed by atoms with Gasteiger partial charge >= 0.3 is 0 Å². The molecule has 0 aliphatic rings. The summed E-state index contributed by atoms with van der Waals surface area (Å²) >= 11 is 0. The van der Waals surface area contributed by atoms with Crippen LogP contribution in [-0.4, -0.2) is 14.5 Å². The molecule has 0 aliphatic heterocycles. The third kappa shape index (κ3) is 7.91. The maximum Gasteiger partial charge on any atom is 0.0644 e. The molecule has 0 radical (unpaired) electrons. The van der Waals surface area contributed by atoms with E-state index in [0.717, 1.165) is 67.8 Å². The molecule has 0 spiro atoms. The van der Waals surface area contributed by atoms with E-state index in [-0.39, 0.29) is 5.54 Å². The largest absolute Gasteiger partial charge is 0.398 e. The molecule has 6 heteroatoms. The molecule has 6 aromatic carbocycles. The van der Waals surface area contributed by atoms with Crippen molar-refractivity contribution in [3.8, 4) is 44.8 Å². The van der Waals surface area contributed by atoms with Crippen LogP contribution < -0.4 is 15.5 Å². The quantitative estimate of drug-likeness (QED) is 0.140. The predicted molar refractivity (Wildman–Crippen MR) is 255 cm³/mol. The molecule has 0 saturated heterocycles. The van der Waals surface area contributed by atoms with Gasteiger partial charge in [-0.25, -0.2) is 0 Å². The monoisotopic (exact) mass is 792 g/mol. The summed E-state index contributed by atoms with van der Waals surface area (Å²) in [6.07, 6.45) is 7.41. The van der Waals surface area contributed by atoms with Gasteiger partial charge < -0.3 is 20.1 Å². The molecule has 0 fully saturated rings. The molecular weight excluding hydrogens is 745 g/mol. The smallest absolute Gasteiger partial charge is 0.0644 e. The molecule has 61 heavy (non-hydrogen) atoms. The lowest BCUT2D eigenvalue weighted by atomic mass is 10.0. The summed E-state index contributed by atoms with van der Waals surface area (Å²) < 4.78 is 2.42. The number of benzene rings is 6. The lowest BCUT2D eigenvalue weighted by Crippen LogP contribution is -2.24. The van der Waals surface area contributed by atoms with Gasteiger partial charge in [-0.2, -0.15) is 0 Å². The van der Waals surface area contributed by atoms with Gasteiger partial charge in [-0.15, -0.1) is 0 Å². The Kier molecular flexibility index (Phi) is 10.5. The number of nitrogens with zero attached hydrogens (tertiary/aromatic N) is 5. The van der Waals surface area contributed by atoms with Crippen LogP contribution in [0.2, 0.25) is 0 Å².